The molecule has 1 saturated heterocycles. The maximum absolute atomic E-state index is 12.9. The molecule has 2 atom stereocenters. The van der Waals surface area contributed by atoms with Gasteiger partial charge in [0.1, 0.15) is 28.3 Å². The molecule has 1 unspecified atom stereocenters. The number of thioether (sulfide) groups is 1. The van der Waals surface area contributed by atoms with Crippen molar-refractivity contribution in [3.8, 4) is 0 Å². The Morgan fingerprint density at radius 1 is 1.27 bits per heavy atom. The minimum Gasteiger partial charge on any atom is -0.461 e. The van der Waals surface area contributed by atoms with E-state index in [0.29, 0.717) is 10.5 Å². The van der Waals surface area contributed by atoms with Gasteiger partial charge in [0.2, 0.25) is 0 Å². The SMILES string of the molecule is CC(=O)OCC1=C(C(=O)OCI)N2C(=O)C(NC(=O)c3ccccc3)[C@H]2SC1=CCl. The van der Waals surface area contributed by atoms with Crippen LogP contribution in [0.5, 0.6) is 0 Å². The second kappa shape index (κ2) is 9.84. The largest absolute Gasteiger partial charge is 0.461 e. The predicted molar refractivity (Wildman–Crippen MR) is 118 cm³/mol. The summed E-state index contributed by atoms with van der Waals surface area (Å²) in [5, 5.41) is 2.11. The van der Waals surface area contributed by atoms with Gasteiger partial charge in [-0.3, -0.25) is 19.3 Å². The van der Waals surface area contributed by atoms with E-state index in [-0.39, 0.29) is 22.5 Å². The molecule has 0 saturated carbocycles. The summed E-state index contributed by atoms with van der Waals surface area (Å²) in [6, 6.07) is 7.63. The van der Waals surface area contributed by atoms with Crippen LogP contribution in [0, 0.1) is 0 Å². The summed E-state index contributed by atoms with van der Waals surface area (Å²) in [6.45, 7) is 0.986. The zero-order chi connectivity index (χ0) is 21.8. The van der Waals surface area contributed by atoms with Gasteiger partial charge < -0.3 is 14.8 Å². The van der Waals surface area contributed by atoms with E-state index in [2.05, 4.69) is 5.32 Å². The number of hydrogen-bond acceptors (Lipinski definition) is 7. The number of nitrogens with one attached hydrogen (secondary N) is 1. The first-order chi connectivity index (χ1) is 14.4. The van der Waals surface area contributed by atoms with Crippen LogP contribution in [0.15, 0.2) is 52.0 Å². The van der Waals surface area contributed by atoms with Gasteiger partial charge >= 0.3 is 11.9 Å². The molecule has 2 aliphatic rings. The number of hydrogen-bond donors (Lipinski definition) is 1. The van der Waals surface area contributed by atoms with E-state index < -0.39 is 35.2 Å². The Morgan fingerprint density at radius 3 is 2.57 bits per heavy atom. The highest BCUT2D eigenvalue weighted by Gasteiger charge is 2.55. The zero-order valence-corrected chi connectivity index (χ0v) is 19.3. The third kappa shape index (κ3) is 4.49. The van der Waals surface area contributed by atoms with Gasteiger partial charge in [0, 0.05) is 28.5 Å². The quantitative estimate of drug-likeness (QED) is 0.246. The highest BCUT2D eigenvalue weighted by Crippen LogP contribution is 2.47. The normalized spacial score (nSPS) is 21.6. The van der Waals surface area contributed by atoms with E-state index in [1.54, 1.807) is 30.3 Å². The number of nitrogens with zero attached hydrogens (tertiary/aromatic N) is 1. The Labute approximate surface area is 195 Å². The van der Waals surface area contributed by atoms with Gasteiger partial charge in [0.25, 0.3) is 11.8 Å². The first kappa shape index (κ1) is 22.6. The van der Waals surface area contributed by atoms with E-state index in [9.17, 15) is 19.2 Å². The molecule has 0 bridgehead atoms. The maximum Gasteiger partial charge on any atom is 0.356 e. The van der Waals surface area contributed by atoms with Gasteiger partial charge in [-0.2, -0.15) is 0 Å². The van der Waals surface area contributed by atoms with Crippen LogP contribution >= 0.6 is 46.0 Å². The molecule has 0 radical (unpaired) electrons. The molecule has 0 spiro atoms. The molecule has 158 valence electrons. The molecule has 1 aromatic carbocycles. The number of carbonyl (C=O) groups excluding carboxylic acids is 4. The van der Waals surface area contributed by atoms with Crippen LogP contribution in [0.2, 0.25) is 0 Å². The lowest BCUT2D eigenvalue weighted by Crippen LogP contribution is -2.70. The van der Waals surface area contributed by atoms with E-state index in [1.807, 2.05) is 22.6 Å². The Hall–Kier alpha value is -2.05. The third-order valence-electron chi connectivity index (χ3n) is 4.34. The van der Waals surface area contributed by atoms with Crippen molar-refractivity contribution >= 4 is 69.7 Å². The van der Waals surface area contributed by atoms with Crippen molar-refractivity contribution in [3.63, 3.8) is 0 Å². The Morgan fingerprint density at radius 2 is 1.97 bits per heavy atom. The van der Waals surface area contributed by atoms with Crippen molar-refractivity contribution in [2.24, 2.45) is 0 Å². The fraction of sp³-hybridized carbons (Fsp3) is 0.263. The molecule has 0 aliphatic carbocycles. The lowest BCUT2D eigenvalue weighted by atomic mass is 10.0. The molecule has 1 N–H and O–H groups in total. The second-order valence-corrected chi connectivity index (χ2v) is 8.16. The summed E-state index contributed by atoms with van der Waals surface area (Å²) in [5.41, 5.74) is 1.89. The molecule has 2 heterocycles. The number of alkyl halides is 1. The first-order valence-electron chi connectivity index (χ1n) is 8.65. The summed E-state index contributed by atoms with van der Waals surface area (Å²) < 4.78 is 10.2. The topological polar surface area (TPSA) is 102 Å². The summed E-state index contributed by atoms with van der Waals surface area (Å²) >= 11 is 9.01. The zero-order valence-electron chi connectivity index (χ0n) is 15.6. The van der Waals surface area contributed by atoms with E-state index in [0.717, 1.165) is 0 Å². The van der Waals surface area contributed by atoms with Crippen molar-refractivity contribution in [1.82, 2.24) is 10.2 Å². The average molecular weight is 563 g/mol. The van der Waals surface area contributed by atoms with Crippen molar-refractivity contribution in [2.45, 2.75) is 18.3 Å². The Balaban J connectivity index is 1.90. The lowest BCUT2D eigenvalue weighted by Gasteiger charge is -2.50. The van der Waals surface area contributed by atoms with E-state index >= 15 is 0 Å². The van der Waals surface area contributed by atoms with Crippen molar-refractivity contribution < 1.29 is 28.7 Å². The highest BCUT2D eigenvalue weighted by molar-refractivity contribution is 14.1. The third-order valence-corrected chi connectivity index (χ3v) is 6.34. The van der Waals surface area contributed by atoms with Gasteiger partial charge in [-0.15, -0.1) is 0 Å². The number of amides is 2. The predicted octanol–water partition coefficient (Wildman–Crippen LogP) is 2.53. The van der Waals surface area contributed by atoms with Crippen molar-refractivity contribution in [1.29, 1.82) is 0 Å². The smallest absolute Gasteiger partial charge is 0.356 e. The van der Waals surface area contributed by atoms with Crippen LogP contribution in [0.4, 0.5) is 0 Å². The van der Waals surface area contributed by atoms with Gasteiger partial charge in [0.15, 0.2) is 0 Å². The lowest BCUT2D eigenvalue weighted by molar-refractivity contribution is -0.150. The number of fused-ring (bicyclic) bond motifs is 1. The number of ether oxygens (including phenoxy) is 2. The summed E-state index contributed by atoms with van der Waals surface area (Å²) in [5.74, 6) is -2.16. The van der Waals surface area contributed by atoms with Crippen LogP contribution in [0.25, 0.3) is 0 Å². The summed E-state index contributed by atoms with van der Waals surface area (Å²) in [4.78, 5) is 50.9. The molecule has 2 aliphatic heterocycles. The van der Waals surface area contributed by atoms with Gasteiger partial charge in [-0.1, -0.05) is 41.6 Å². The maximum atomic E-state index is 12.9. The van der Waals surface area contributed by atoms with Crippen molar-refractivity contribution in [3.05, 3.63) is 57.6 Å². The van der Waals surface area contributed by atoms with Crippen LogP contribution in [-0.4, -0.2) is 51.3 Å². The van der Waals surface area contributed by atoms with Crippen LogP contribution in [0.1, 0.15) is 17.3 Å². The number of esters is 2. The van der Waals surface area contributed by atoms with Gasteiger partial charge in [-0.05, 0) is 34.7 Å². The highest BCUT2D eigenvalue weighted by atomic mass is 127. The number of carbonyl (C=O) groups is 4. The number of rotatable bonds is 6. The molecule has 30 heavy (non-hydrogen) atoms. The molecular formula is C19H16ClIN2O6S. The van der Waals surface area contributed by atoms with E-state index in [1.165, 1.54) is 29.1 Å². The number of halogens is 2. The van der Waals surface area contributed by atoms with Gasteiger partial charge in [-0.25, -0.2) is 4.79 Å². The molecule has 0 aromatic heterocycles. The van der Waals surface area contributed by atoms with Crippen LogP contribution < -0.4 is 5.32 Å². The number of benzene rings is 1. The molecule has 1 fully saturated rings. The molecule has 1 aromatic rings. The molecule has 8 nitrogen and oxygen atoms in total. The fourth-order valence-corrected chi connectivity index (χ4v) is 4.79. The Bertz CT molecular complexity index is 952. The Kier molecular flexibility index (Phi) is 7.42. The minimum absolute atomic E-state index is 0.0428. The molecule has 2 amide bonds. The minimum atomic E-state index is -0.855. The first-order valence-corrected chi connectivity index (χ1v) is 11.5. The summed E-state index contributed by atoms with van der Waals surface area (Å²) in [7, 11) is 0. The molecule has 11 heteroatoms. The average Bonchev–Trinajstić information content (AvgIpc) is 2.75. The number of β-lactam (4-membered cyclic amide) rings is 1. The van der Waals surface area contributed by atoms with Crippen molar-refractivity contribution in [2.75, 3.05) is 11.2 Å². The van der Waals surface area contributed by atoms with Crippen LogP contribution in [-0.2, 0) is 23.9 Å². The molecular weight excluding hydrogens is 547 g/mol. The second-order valence-electron chi connectivity index (χ2n) is 6.16. The fourth-order valence-electron chi connectivity index (χ4n) is 2.98. The van der Waals surface area contributed by atoms with Crippen LogP contribution in [0.3, 0.4) is 0 Å². The summed E-state index contributed by atoms with van der Waals surface area (Å²) in [6.07, 6.45) is 0. The standard InChI is InChI=1S/C19H16ClIN2O6S/c1-10(24)28-8-12-13(7-20)30-18-14(22-16(25)11-5-3-2-4-6-11)17(26)23(18)15(12)19(27)29-9-21/h2-7,14,18H,8-9H2,1H3,(H,22,25)/t14?,18-/m1/s1. The van der Waals surface area contributed by atoms with Gasteiger partial charge in [0.05, 0.1) is 0 Å². The van der Waals surface area contributed by atoms with E-state index in [4.69, 9.17) is 21.1 Å². The molecule has 3 rings (SSSR count). The monoisotopic (exact) mass is 562 g/mol.